The van der Waals surface area contributed by atoms with Crippen LogP contribution in [0.2, 0.25) is 0 Å². The zero-order chi connectivity index (χ0) is 6.91. The Bertz CT molecular complexity index is 187. The Morgan fingerprint density at radius 3 is 2.56 bits per heavy atom. The molecule has 1 aliphatic heterocycles. The smallest absolute Gasteiger partial charge is 0.201 e. The van der Waals surface area contributed by atoms with Crippen molar-refractivity contribution in [3.05, 3.63) is 0 Å². The van der Waals surface area contributed by atoms with Gasteiger partial charge in [0, 0.05) is 19.6 Å². The van der Waals surface area contributed by atoms with Gasteiger partial charge in [-0.3, -0.25) is 0 Å². The topological polar surface area (TPSA) is 49.4 Å². The first-order valence-electron chi connectivity index (χ1n) is 2.91. The van der Waals surface area contributed by atoms with Gasteiger partial charge in [-0.25, -0.2) is 4.72 Å². The highest BCUT2D eigenvalue weighted by Gasteiger charge is 2.25. The molecular weight excluding hydrogens is 140 g/mol. The molecule has 54 valence electrons. The highest BCUT2D eigenvalue weighted by molar-refractivity contribution is 7.87. The SMILES string of the molecule is CCN1CCNS1(=O)=O. The lowest BCUT2D eigenvalue weighted by Gasteiger charge is -2.07. The number of rotatable bonds is 1. The van der Waals surface area contributed by atoms with Crippen molar-refractivity contribution >= 4 is 10.2 Å². The summed E-state index contributed by atoms with van der Waals surface area (Å²) >= 11 is 0. The van der Waals surface area contributed by atoms with Gasteiger partial charge in [-0.15, -0.1) is 0 Å². The van der Waals surface area contributed by atoms with E-state index in [0.29, 0.717) is 19.6 Å². The minimum Gasteiger partial charge on any atom is -0.201 e. The van der Waals surface area contributed by atoms with Crippen LogP contribution in [0.1, 0.15) is 6.92 Å². The Kier molecular flexibility index (Phi) is 1.74. The average Bonchev–Trinajstić information content (AvgIpc) is 2.08. The van der Waals surface area contributed by atoms with Crippen molar-refractivity contribution in [2.24, 2.45) is 0 Å². The monoisotopic (exact) mass is 150 g/mol. The van der Waals surface area contributed by atoms with Gasteiger partial charge in [0.05, 0.1) is 0 Å². The van der Waals surface area contributed by atoms with Crippen LogP contribution in [0.4, 0.5) is 0 Å². The van der Waals surface area contributed by atoms with Crippen LogP contribution in [-0.4, -0.2) is 32.4 Å². The molecule has 0 amide bonds. The Labute approximate surface area is 55.0 Å². The molecule has 0 saturated carbocycles. The fourth-order valence-electron chi connectivity index (χ4n) is 0.839. The summed E-state index contributed by atoms with van der Waals surface area (Å²) in [5, 5.41) is 0. The van der Waals surface area contributed by atoms with Gasteiger partial charge >= 0.3 is 0 Å². The number of likely N-dealkylation sites (N-methyl/N-ethyl adjacent to an activating group) is 1. The maximum atomic E-state index is 10.8. The van der Waals surface area contributed by atoms with Crippen molar-refractivity contribution in [2.75, 3.05) is 19.6 Å². The van der Waals surface area contributed by atoms with Crippen LogP contribution in [0.5, 0.6) is 0 Å². The van der Waals surface area contributed by atoms with E-state index in [-0.39, 0.29) is 0 Å². The minimum absolute atomic E-state index is 0.552. The molecule has 9 heavy (non-hydrogen) atoms. The first kappa shape index (κ1) is 6.98. The van der Waals surface area contributed by atoms with Gasteiger partial charge in [0.25, 0.3) is 10.2 Å². The summed E-state index contributed by atoms with van der Waals surface area (Å²) in [6, 6.07) is 0. The molecule has 1 fully saturated rings. The lowest BCUT2D eigenvalue weighted by atomic mass is 10.6. The zero-order valence-corrected chi connectivity index (χ0v) is 6.11. The van der Waals surface area contributed by atoms with E-state index in [1.54, 1.807) is 0 Å². The maximum Gasteiger partial charge on any atom is 0.279 e. The molecule has 1 N–H and O–H groups in total. The molecule has 0 radical (unpaired) electrons. The number of nitrogens with one attached hydrogen (secondary N) is 1. The van der Waals surface area contributed by atoms with Crippen molar-refractivity contribution < 1.29 is 8.42 Å². The van der Waals surface area contributed by atoms with Crippen molar-refractivity contribution in [3.63, 3.8) is 0 Å². The Balaban J connectivity index is 2.75. The molecule has 0 aromatic carbocycles. The van der Waals surface area contributed by atoms with Gasteiger partial charge in [-0.2, -0.15) is 12.7 Å². The van der Waals surface area contributed by atoms with Crippen LogP contribution in [0.25, 0.3) is 0 Å². The third-order valence-corrected chi connectivity index (χ3v) is 3.03. The molecule has 5 heteroatoms. The molecule has 0 unspecified atom stereocenters. The Morgan fingerprint density at radius 2 is 2.33 bits per heavy atom. The van der Waals surface area contributed by atoms with Crippen molar-refractivity contribution in [2.45, 2.75) is 6.92 Å². The number of hydrogen-bond donors (Lipinski definition) is 1. The van der Waals surface area contributed by atoms with Crippen LogP contribution in [0.15, 0.2) is 0 Å². The highest BCUT2D eigenvalue weighted by atomic mass is 32.2. The predicted octanol–water partition coefficient (Wildman–Crippen LogP) is -0.844. The quantitative estimate of drug-likeness (QED) is 0.529. The summed E-state index contributed by atoms with van der Waals surface area (Å²) in [5.41, 5.74) is 0. The van der Waals surface area contributed by atoms with E-state index in [9.17, 15) is 8.42 Å². The lowest BCUT2D eigenvalue weighted by Crippen LogP contribution is -2.28. The molecule has 1 saturated heterocycles. The molecular formula is C4H10N2O2S. The molecule has 1 rings (SSSR count). The van der Waals surface area contributed by atoms with Crippen LogP contribution in [0.3, 0.4) is 0 Å². The second kappa shape index (κ2) is 2.24. The second-order valence-corrected chi connectivity index (χ2v) is 3.65. The van der Waals surface area contributed by atoms with E-state index >= 15 is 0 Å². The summed E-state index contributed by atoms with van der Waals surface area (Å²) in [7, 11) is -3.05. The van der Waals surface area contributed by atoms with Crippen LogP contribution in [0, 0.1) is 0 Å². The molecule has 0 atom stereocenters. The van der Waals surface area contributed by atoms with Gasteiger partial charge < -0.3 is 0 Å². The Morgan fingerprint density at radius 1 is 1.67 bits per heavy atom. The molecule has 0 bridgehead atoms. The summed E-state index contributed by atoms with van der Waals surface area (Å²) in [6.45, 7) is 3.55. The summed E-state index contributed by atoms with van der Waals surface area (Å²) in [4.78, 5) is 0. The molecule has 0 aromatic heterocycles. The van der Waals surface area contributed by atoms with E-state index in [2.05, 4.69) is 4.72 Å². The Hall–Kier alpha value is -0.130. The maximum absolute atomic E-state index is 10.8. The molecule has 1 aliphatic rings. The summed E-state index contributed by atoms with van der Waals surface area (Å²) in [5.74, 6) is 0. The van der Waals surface area contributed by atoms with Gasteiger partial charge in [0.1, 0.15) is 0 Å². The lowest BCUT2D eigenvalue weighted by molar-refractivity contribution is 0.469. The third-order valence-electron chi connectivity index (χ3n) is 1.34. The van der Waals surface area contributed by atoms with E-state index in [1.807, 2.05) is 6.92 Å². The molecule has 4 nitrogen and oxygen atoms in total. The molecule has 0 aliphatic carbocycles. The second-order valence-electron chi connectivity index (χ2n) is 1.89. The number of hydrogen-bond acceptors (Lipinski definition) is 2. The summed E-state index contributed by atoms with van der Waals surface area (Å²) in [6.07, 6.45) is 0. The van der Waals surface area contributed by atoms with Crippen molar-refractivity contribution in [1.82, 2.24) is 9.03 Å². The first-order valence-corrected chi connectivity index (χ1v) is 4.35. The fraction of sp³-hybridized carbons (Fsp3) is 1.00. The number of nitrogens with zero attached hydrogens (tertiary/aromatic N) is 1. The zero-order valence-electron chi connectivity index (χ0n) is 5.29. The van der Waals surface area contributed by atoms with E-state index in [0.717, 1.165) is 0 Å². The summed E-state index contributed by atoms with van der Waals surface area (Å²) < 4.78 is 25.4. The molecule has 0 aromatic rings. The van der Waals surface area contributed by atoms with Gasteiger partial charge in [-0.1, -0.05) is 6.92 Å². The first-order chi connectivity index (χ1) is 4.17. The van der Waals surface area contributed by atoms with Gasteiger partial charge in [0.2, 0.25) is 0 Å². The van der Waals surface area contributed by atoms with Gasteiger partial charge in [-0.05, 0) is 0 Å². The predicted molar refractivity (Wildman–Crippen MR) is 34.2 cm³/mol. The van der Waals surface area contributed by atoms with Crippen LogP contribution in [-0.2, 0) is 10.2 Å². The van der Waals surface area contributed by atoms with E-state index < -0.39 is 10.2 Å². The fourth-order valence-corrected chi connectivity index (χ4v) is 2.04. The average molecular weight is 150 g/mol. The highest BCUT2D eigenvalue weighted by Crippen LogP contribution is 2.01. The van der Waals surface area contributed by atoms with Crippen molar-refractivity contribution in [1.29, 1.82) is 0 Å². The largest absolute Gasteiger partial charge is 0.279 e. The van der Waals surface area contributed by atoms with Gasteiger partial charge in [0.15, 0.2) is 0 Å². The van der Waals surface area contributed by atoms with E-state index in [1.165, 1.54) is 4.31 Å². The van der Waals surface area contributed by atoms with Crippen LogP contribution >= 0.6 is 0 Å². The minimum atomic E-state index is -3.05. The normalized spacial score (nSPS) is 26.8. The molecule has 1 heterocycles. The third kappa shape index (κ3) is 1.23. The molecule has 0 spiro atoms. The van der Waals surface area contributed by atoms with Crippen molar-refractivity contribution in [3.8, 4) is 0 Å². The van der Waals surface area contributed by atoms with Crippen LogP contribution < -0.4 is 4.72 Å². The van der Waals surface area contributed by atoms with E-state index in [4.69, 9.17) is 0 Å². The standard InChI is InChI=1S/C4H10N2O2S/c1-2-6-4-3-5-9(6,7)8/h5H,2-4H2,1H3.